The number of halogens is 1. The van der Waals surface area contributed by atoms with Crippen LogP contribution in [-0.2, 0) is 4.74 Å². The summed E-state index contributed by atoms with van der Waals surface area (Å²) in [7, 11) is 0. The summed E-state index contributed by atoms with van der Waals surface area (Å²) >= 11 is 4.47. The first kappa shape index (κ1) is 16.4. The molecule has 1 amide bonds. The van der Waals surface area contributed by atoms with Crippen molar-refractivity contribution in [1.29, 1.82) is 0 Å². The van der Waals surface area contributed by atoms with Gasteiger partial charge in [-0.25, -0.2) is 9.78 Å². The first-order valence-electron chi connectivity index (χ1n) is 5.63. The van der Waals surface area contributed by atoms with E-state index in [9.17, 15) is 15.0 Å². The smallest absolute Gasteiger partial charge is 0.407 e. The number of alkyl carbamates (subject to hydrolysis) is 1. The van der Waals surface area contributed by atoms with Gasteiger partial charge in [0.1, 0.15) is 17.8 Å². The Balaban J connectivity index is 2.43. The number of carbonyl (C=O) groups excluding carboxylic acids is 1. The van der Waals surface area contributed by atoms with E-state index in [1.165, 1.54) is 11.3 Å². The molecule has 1 aromatic heterocycles. The van der Waals surface area contributed by atoms with Crippen LogP contribution in [0.2, 0.25) is 0 Å². The van der Waals surface area contributed by atoms with Crippen LogP contribution in [0.1, 0.15) is 32.6 Å². The molecule has 1 rings (SSSR count). The molecule has 0 fully saturated rings. The summed E-state index contributed by atoms with van der Waals surface area (Å²) in [6, 6.07) is 0. The minimum atomic E-state index is -1.16. The molecule has 2 unspecified atom stereocenters. The molecule has 0 radical (unpaired) electrons. The fourth-order valence-electron chi connectivity index (χ4n) is 1.21. The van der Waals surface area contributed by atoms with E-state index in [1.54, 1.807) is 26.2 Å². The van der Waals surface area contributed by atoms with Crippen LogP contribution in [-0.4, -0.2) is 39.5 Å². The third kappa shape index (κ3) is 5.85. The number of nitrogens with zero attached hydrogens (tertiary/aromatic N) is 1. The molecule has 0 aliphatic heterocycles. The van der Waals surface area contributed by atoms with Crippen LogP contribution in [0.5, 0.6) is 0 Å². The highest BCUT2D eigenvalue weighted by molar-refractivity contribution is 9.11. The first-order valence-corrected chi connectivity index (χ1v) is 7.30. The van der Waals surface area contributed by atoms with E-state index in [-0.39, 0.29) is 6.54 Å². The van der Waals surface area contributed by atoms with Gasteiger partial charge >= 0.3 is 6.09 Å². The van der Waals surface area contributed by atoms with Gasteiger partial charge in [0, 0.05) is 11.9 Å². The van der Waals surface area contributed by atoms with Crippen LogP contribution < -0.4 is 5.32 Å². The Bertz CT molecular complexity index is 433. The van der Waals surface area contributed by atoms with Crippen molar-refractivity contribution in [3.63, 3.8) is 0 Å². The average molecular weight is 353 g/mol. The van der Waals surface area contributed by atoms with E-state index >= 15 is 0 Å². The zero-order valence-corrected chi connectivity index (χ0v) is 13.3. The van der Waals surface area contributed by atoms with Crippen molar-refractivity contribution in [3.8, 4) is 0 Å². The zero-order valence-electron chi connectivity index (χ0n) is 10.9. The summed E-state index contributed by atoms with van der Waals surface area (Å²) in [5.74, 6) is 0. The lowest BCUT2D eigenvalue weighted by molar-refractivity contribution is 0.0111. The number of amides is 1. The molecule has 0 saturated heterocycles. The van der Waals surface area contributed by atoms with Crippen LogP contribution in [0.3, 0.4) is 0 Å². The Labute approximate surface area is 123 Å². The third-order valence-corrected chi connectivity index (χ3v) is 3.40. The molecule has 3 N–H and O–H groups in total. The molecule has 0 aliphatic carbocycles. The zero-order chi connectivity index (χ0) is 14.6. The third-order valence-electron chi connectivity index (χ3n) is 2.02. The minimum Gasteiger partial charge on any atom is -0.444 e. The molecule has 8 heteroatoms. The Morgan fingerprint density at radius 2 is 2.21 bits per heavy atom. The van der Waals surface area contributed by atoms with E-state index in [0.29, 0.717) is 9.61 Å². The Morgan fingerprint density at radius 3 is 2.68 bits per heavy atom. The molecule has 0 aromatic carbocycles. The quantitative estimate of drug-likeness (QED) is 0.768. The molecule has 0 aliphatic rings. The highest BCUT2D eigenvalue weighted by Crippen LogP contribution is 2.22. The molecule has 19 heavy (non-hydrogen) atoms. The van der Waals surface area contributed by atoms with Crippen molar-refractivity contribution < 1.29 is 19.7 Å². The van der Waals surface area contributed by atoms with Gasteiger partial charge in [0.2, 0.25) is 0 Å². The van der Waals surface area contributed by atoms with Gasteiger partial charge in [-0.1, -0.05) is 0 Å². The summed E-state index contributed by atoms with van der Waals surface area (Å²) in [5, 5.41) is 23.6. The Hall–Kier alpha value is -0.700. The van der Waals surface area contributed by atoms with E-state index < -0.39 is 23.9 Å². The number of aliphatic hydroxyl groups excluding tert-OH is 2. The van der Waals surface area contributed by atoms with E-state index in [1.807, 2.05) is 0 Å². The normalized spacial score (nSPS) is 14.8. The van der Waals surface area contributed by atoms with Crippen molar-refractivity contribution in [2.24, 2.45) is 0 Å². The number of aromatic nitrogens is 1. The van der Waals surface area contributed by atoms with Crippen molar-refractivity contribution in [1.82, 2.24) is 10.3 Å². The Kier molecular flexibility index (Phi) is 5.72. The number of rotatable bonds is 4. The predicted molar refractivity (Wildman–Crippen MR) is 75.0 cm³/mol. The topological polar surface area (TPSA) is 91.7 Å². The van der Waals surface area contributed by atoms with Crippen molar-refractivity contribution in [3.05, 3.63) is 15.0 Å². The lowest BCUT2D eigenvalue weighted by Crippen LogP contribution is -2.38. The van der Waals surface area contributed by atoms with Crippen LogP contribution in [0.25, 0.3) is 0 Å². The fraction of sp³-hybridized carbons (Fsp3) is 0.636. The number of carbonyl (C=O) groups is 1. The van der Waals surface area contributed by atoms with Gasteiger partial charge in [0.15, 0.2) is 3.92 Å². The summed E-state index contributed by atoms with van der Waals surface area (Å²) in [5.41, 5.74) is -0.247. The van der Waals surface area contributed by atoms with Gasteiger partial charge in [0.25, 0.3) is 0 Å². The number of ether oxygens (including phenoxy) is 1. The number of nitrogens with one attached hydrogen (secondary N) is 1. The summed E-state index contributed by atoms with van der Waals surface area (Å²) in [6.07, 6.45) is -2.95. The maximum absolute atomic E-state index is 11.4. The number of aliphatic hydroxyl groups is 2. The average Bonchev–Trinajstić information content (AvgIpc) is 2.69. The van der Waals surface area contributed by atoms with Gasteiger partial charge in [-0.3, -0.25) is 0 Å². The molecule has 6 nitrogen and oxygen atoms in total. The van der Waals surface area contributed by atoms with Gasteiger partial charge in [-0.15, -0.1) is 11.3 Å². The van der Waals surface area contributed by atoms with Crippen molar-refractivity contribution in [2.45, 2.75) is 38.6 Å². The highest BCUT2D eigenvalue weighted by atomic mass is 79.9. The number of hydrogen-bond donors (Lipinski definition) is 3. The molecule has 0 bridgehead atoms. The first-order chi connectivity index (χ1) is 8.69. The number of hydrogen-bond acceptors (Lipinski definition) is 6. The van der Waals surface area contributed by atoms with E-state index in [2.05, 4.69) is 26.2 Å². The second-order valence-corrected chi connectivity index (χ2v) is 7.05. The van der Waals surface area contributed by atoms with E-state index in [4.69, 9.17) is 4.74 Å². The predicted octanol–water partition coefficient (Wildman–Crippen LogP) is 1.82. The van der Waals surface area contributed by atoms with Crippen LogP contribution >= 0.6 is 27.3 Å². The molecule has 1 aromatic rings. The van der Waals surface area contributed by atoms with Gasteiger partial charge in [-0.05, 0) is 36.7 Å². The summed E-state index contributed by atoms with van der Waals surface area (Å²) in [6.45, 7) is 5.10. The largest absolute Gasteiger partial charge is 0.444 e. The van der Waals surface area contributed by atoms with E-state index in [0.717, 1.165) is 0 Å². The SMILES string of the molecule is CC(C)(C)OC(=O)NCC(O)C(O)c1csc(Br)n1. The van der Waals surface area contributed by atoms with Gasteiger partial charge < -0.3 is 20.3 Å². The molecule has 1 heterocycles. The molecule has 2 atom stereocenters. The lowest BCUT2D eigenvalue weighted by atomic mass is 10.1. The van der Waals surface area contributed by atoms with Crippen LogP contribution in [0, 0.1) is 0 Å². The maximum Gasteiger partial charge on any atom is 0.407 e. The summed E-state index contributed by atoms with van der Waals surface area (Å²) < 4.78 is 5.63. The second kappa shape index (κ2) is 6.65. The standard InChI is InChI=1S/C11H17BrN2O4S/c1-11(2,3)18-10(17)13-4-7(15)8(16)6-5-19-9(12)14-6/h5,7-8,15-16H,4H2,1-3H3,(H,13,17). The minimum absolute atomic E-state index is 0.120. The monoisotopic (exact) mass is 352 g/mol. The second-order valence-electron chi connectivity index (χ2n) is 4.92. The van der Waals surface area contributed by atoms with Crippen LogP contribution in [0.15, 0.2) is 9.30 Å². The fourth-order valence-corrected chi connectivity index (χ4v) is 2.26. The van der Waals surface area contributed by atoms with Crippen molar-refractivity contribution >= 4 is 33.4 Å². The molecule has 108 valence electrons. The van der Waals surface area contributed by atoms with Crippen LogP contribution in [0.4, 0.5) is 4.79 Å². The van der Waals surface area contributed by atoms with Crippen molar-refractivity contribution in [2.75, 3.05) is 6.54 Å². The van der Waals surface area contributed by atoms with Gasteiger partial charge in [-0.2, -0.15) is 0 Å². The Morgan fingerprint density at radius 1 is 1.58 bits per heavy atom. The lowest BCUT2D eigenvalue weighted by Gasteiger charge is -2.21. The summed E-state index contributed by atoms with van der Waals surface area (Å²) in [4.78, 5) is 15.4. The number of thiazole rings is 1. The van der Waals surface area contributed by atoms with Gasteiger partial charge in [0.05, 0.1) is 5.69 Å². The molecule has 0 saturated carbocycles. The molecular formula is C11H17BrN2O4S. The maximum atomic E-state index is 11.4. The highest BCUT2D eigenvalue weighted by Gasteiger charge is 2.23. The molecular weight excluding hydrogens is 336 g/mol. The molecule has 0 spiro atoms.